The minimum absolute atomic E-state index is 0.0782. The van der Waals surface area contributed by atoms with Gasteiger partial charge in [-0.05, 0) is 54.6 Å². The molecular weight excluding hydrogens is 432 g/mol. The number of rotatable bonds is 8. The van der Waals surface area contributed by atoms with Crippen LogP contribution in [0.1, 0.15) is 21.5 Å². The molecule has 0 spiro atoms. The summed E-state index contributed by atoms with van der Waals surface area (Å²) in [5.41, 5.74) is 2.12. The van der Waals surface area contributed by atoms with Gasteiger partial charge in [0.15, 0.2) is 11.5 Å². The number of carbonyl (C=O) groups is 3. The number of hydrogen-bond acceptors (Lipinski definition) is 7. The summed E-state index contributed by atoms with van der Waals surface area (Å²) in [6, 6.07) is 10.6. The Hall–Kier alpha value is -3.46. The van der Waals surface area contributed by atoms with Gasteiger partial charge in [0.05, 0.1) is 26.2 Å². The van der Waals surface area contributed by atoms with E-state index in [9.17, 15) is 14.4 Å². The number of carbonyl (C=O) groups excluding carboxylic acids is 3. The average molecular weight is 457 g/mol. The van der Waals surface area contributed by atoms with Crippen LogP contribution in [0.5, 0.6) is 17.2 Å². The fraction of sp³-hybridized carbons (Fsp3) is 0.261. The lowest BCUT2D eigenvalue weighted by Gasteiger charge is -2.13. The van der Waals surface area contributed by atoms with Gasteiger partial charge in [-0.3, -0.25) is 19.3 Å². The molecule has 9 heteroatoms. The molecule has 2 aromatic rings. The lowest BCUT2D eigenvalue weighted by molar-refractivity contribution is -0.122. The van der Waals surface area contributed by atoms with E-state index in [1.807, 2.05) is 13.0 Å². The molecule has 8 nitrogen and oxygen atoms in total. The van der Waals surface area contributed by atoms with Crippen molar-refractivity contribution in [2.75, 3.05) is 34.4 Å². The van der Waals surface area contributed by atoms with Crippen molar-refractivity contribution in [1.29, 1.82) is 0 Å². The zero-order valence-electron chi connectivity index (χ0n) is 18.3. The number of hydrogen-bond donors (Lipinski definition) is 1. The highest BCUT2D eigenvalue weighted by Gasteiger charge is 2.34. The van der Waals surface area contributed by atoms with Crippen molar-refractivity contribution in [2.45, 2.75) is 6.92 Å². The van der Waals surface area contributed by atoms with Gasteiger partial charge in [-0.1, -0.05) is 17.7 Å². The number of methoxy groups -OCH3 is 3. The molecule has 2 aromatic carbocycles. The molecule has 0 saturated carbocycles. The highest BCUT2D eigenvalue weighted by molar-refractivity contribution is 8.18. The predicted molar refractivity (Wildman–Crippen MR) is 122 cm³/mol. The van der Waals surface area contributed by atoms with Crippen molar-refractivity contribution in [3.63, 3.8) is 0 Å². The first kappa shape index (κ1) is 23.2. The fourth-order valence-corrected chi connectivity index (χ4v) is 4.06. The van der Waals surface area contributed by atoms with Gasteiger partial charge in [0.1, 0.15) is 0 Å². The van der Waals surface area contributed by atoms with Gasteiger partial charge in [-0.25, -0.2) is 0 Å². The summed E-state index contributed by atoms with van der Waals surface area (Å²) in [5, 5.41) is 2.35. The maximum absolute atomic E-state index is 12.8. The van der Waals surface area contributed by atoms with Crippen molar-refractivity contribution < 1.29 is 28.6 Å². The molecule has 0 atom stereocenters. The van der Waals surface area contributed by atoms with Crippen molar-refractivity contribution in [3.8, 4) is 17.2 Å². The van der Waals surface area contributed by atoms with Gasteiger partial charge in [-0.2, -0.15) is 0 Å². The largest absolute Gasteiger partial charge is 0.493 e. The quantitative estimate of drug-likeness (QED) is 0.608. The number of aryl methyl sites for hydroxylation is 1. The average Bonchev–Trinajstić information content (AvgIpc) is 3.05. The lowest BCUT2D eigenvalue weighted by Crippen LogP contribution is -2.37. The Labute approximate surface area is 190 Å². The van der Waals surface area contributed by atoms with Crippen LogP contribution in [0.3, 0.4) is 0 Å². The summed E-state index contributed by atoms with van der Waals surface area (Å²) in [6.45, 7) is 2.13. The molecule has 0 aromatic heterocycles. The molecule has 0 aliphatic carbocycles. The van der Waals surface area contributed by atoms with Crippen LogP contribution < -0.4 is 19.5 Å². The number of nitrogens with zero attached hydrogens (tertiary/aromatic N) is 1. The van der Waals surface area contributed by atoms with E-state index >= 15 is 0 Å². The summed E-state index contributed by atoms with van der Waals surface area (Å²) in [7, 11) is 4.50. The Balaban J connectivity index is 1.69. The Morgan fingerprint density at radius 1 is 1.06 bits per heavy atom. The van der Waals surface area contributed by atoms with Crippen LogP contribution >= 0.6 is 11.8 Å². The van der Waals surface area contributed by atoms with Crippen molar-refractivity contribution in [1.82, 2.24) is 10.2 Å². The zero-order valence-corrected chi connectivity index (χ0v) is 19.1. The van der Waals surface area contributed by atoms with Gasteiger partial charge >= 0.3 is 0 Å². The van der Waals surface area contributed by atoms with Crippen molar-refractivity contribution in [2.24, 2.45) is 0 Å². The topological polar surface area (TPSA) is 94.2 Å². The fourth-order valence-electron chi connectivity index (χ4n) is 3.20. The zero-order chi connectivity index (χ0) is 23.3. The molecule has 0 unspecified atom stereocenters. The van der Waals surface area contributed by atoms with E-state index in [-0.39, 0.29) is 23.9 Å². The lowest BCUT2D eigenvalue weighted by atomic mass is 10.1. The van der Waals surface area contributed by atoms with E-state index in [1.54, 1.807) is 36.4 Å². The van der Waals surface area contributed by atoms with Crippen molar-refractivity contribution >= 4 is 34.9 Å². The van der Waals surface area contributed by atoms with Crippen LogP contribution in [-0.4, -0.2) is 56.4 Å². The number of nitrogens with one attached hydrogen (secondary N) is 1. The summed E-state index contributed by atoms with van der Waals surface area (Å²) in [5.74, 6) is 0.643. The second-order valence-electron chi connectivity index (χ2n) is 6.92. The van der Waals surface area contributed by atoms with E-state index in [0.29, 0.717) is 28.4 Å². The van der Waals surface area contributed by atoms with Crippen LogP contribution in [0, 0.1) is 6.92 Å². The molecule has 1 heterocycles. The minimum Gasteiger partial charge on any atom is -0.493 e. The monoisotopic (exact) mass is 456 g/mol. The Morgan fingerprint density at radius 2 is 1.75 bits per heavy atom. The third kappa shape index (κ3) is 5.05. The van der Waals surface area contributed by atoms with E-state index in [1.165, 1.54) is 21.3 Å². The minimum atomic E-state index is -0.418. The molecule has 3 rings (SSSR count). The smallest absolute Gasteiger partial charge is 0.293 e. The number of ether oxygens (including phenoxy) is 3. The van der Waals surface area contributed by atoms with Gasteiger partial charge in [0.2, 0.25) is 5.75 Å². The molecule has 168 valence electrons. The SMILES string of the molecule is COc1cc(/C=C2/SC(=O)N(CCNC(=O)c3cccc(C)c3)C2=O)cc(OC)c1OC. The predicted octanol–water partition coefficient (Wildman–Crippen LogP) is 3.49. The molecule has 1 saturated heterocycles. The first-order chi connectivity index (χ1) is 15.4. The standard InChI is InChI=1S/C23H24N2O6S/c1-14-6-5-7-16(10-14)21(26)24-8-9-25-22(27)19(32-23(25)28)13-15-11-17(29-2)20(31-4)18(12-15)30-3/h5-7,10-13H,8-9H2,1-4H3,(H,24,26)/b19-13+. The van der Waals surface area contributed by atoms with Crippen LogP contribution in [0.25, 0.3) is 6.08 Å². The van der Waals surface area contributed by atoms with Crippen LogP contribution in [-0.2, 0) is 4.79 Å². The number of benzene rings is 2. The summed E-state index contributed by atoms with van der Waals surface area (Å²) < 4.78 is 16.0. The first-order valence-corrected chi connectivity index (χ1v) is 10.6. The third-order valence-electron chi connectivity index (χ3n) is 4.76. The Bertz CT molecular complexity index is 1060. The molecule has 1 aliphatic rings. The van der Waals surface area contributed by atoms with Gasteiger partial charge in [0, 0.05) is 18.7 Å². The normalized spacial score (nSPS) is 14.6. The molecule has 1 aliphatic heterocycles. The molecule has 32 heavy (non-hydrogen) atoms. The molecular formula is C23H24N2O6S. The number of thioether (sulfide) groups is 1. The maximum Gasteiger partial charge on any atom is 0.293 e. The van der Waals surface area contributed by atoms with E-state index in [2.05, 4.69) is 5.32 Å². The summed E-state index contributed by atoms with van der Waals surface area (Å²) in [6.07, 6.45) is 1.60. The summed E-state index contributed by atoms with van der Waals surface area (Å²) in [4.78, 5) is 38.8. The Kier molecular flexibility index (Phi) is 7.42. The number of amides is 3. The first-order valence-electron chi connectivity index (χ1n) is 9.78. The molecule has 0 radical (unpaired) electrons. The maximum atomic E-state index is 12.8. The van der Waals surface area contributed by atoms with Gasteiger partial charge in [0.25, 0.3) is 17.1 Å². The summed E-state index contributed by atoms with van der Waals surface area (Å²) >= 11 is 0.844. The van der Waals surface area contributed by atoms with Gasteiger partial charge in [-0.15, -0.1) is 0 Å². The second kappa shape index (κ2) is 10.2. The van der Waals surface area contributed by atoms with Crippen LogP contribution in [0.15, 0.2) is 41.3 Å². The van der Waals surface area contributed by atoms with Crippen LogP contribution in [0.2, 0.25) is 0 Å². The van der Waals surface area contributed by atoms with Gasteiger partial charge < -0.3 is 19.5 Å². The molecule has 1 fully saturated rings. The van der Waals surface area contributed by atoms with E-state index in [4.69, 9.17) is 14.2 Å². The van der Waals surface area contributed by atoms with E-state index in [0.717, 1.165) is 22.2 Å². The number of imide groups is 1. The van der Waals surface area contributed by atoms with Crippen LogP contribution in [0.4, 0.5) is 4.79 Å². The second-order valence-corrected chi connectivity index (χ2v) is 7.91. The third-order valence-corrected chi connectivity index (χ3v) is 5.67. The highest BCUT2D eigenvalue weighted by atomic mass is 32.2. The van der Waals surface area contributed by atoms with Crippen molar-refractivity contribution in [3.05, 3.63) is 58.0 Å². The molecule has 1 N–H and O–H groups in total. The highest BCUT2D eigenvalue weighted by Crippen LogP contribution is 2.40. The molecule has 0 bridgehead atoms. The Morgan fingerprint density at radius 3 is 2.34 bits per heavy atom. The molecule has 3 amide bonds. The van der Waals surface area contributed by atoms with E-state index < -0.39 is 11.1 Å².